The summed E-state index contributed by atoms with van der Waals surface area (Å²) in [5, 5.41) is 22.5. The number of aliphatic hydroxyl groups is 1. The molecule has 250 valence electrons. The van der Waals surface area contributed by atoms with Crippen LogP contribution < -0.4 is 20.7 Å². The molecular weight excluding hydrogens is 580 g/mol. The van der Waals surface area contributed by atoms with Crippen molar-refractivity contribution in [2.24, 2.45) is 5.92 Å². The predicted molar refractivity (Wildman–Crippen MR) is 172 cm³/mol. The lowest BCUT2D eigenvalue weighted by molar-refractivity contribution is -0.0122. The van der Waals surface area contributed by atoms with Crippen LogP contribution in [-0.4, -0.2) is 95.7 Å². The molecule has 2 heterocycles. The minimum absolute atomic E-state index is 0.00794. The molecule has 1 aliphatic heterocycles. The number of benzene rings is 1. The monoisotopic (exact) mass is 630 g/mol. The first-order valence-electron chi connectivity index (χ1n) is 15.7. The summed E-state index contributed by atoms with van der Waals surface area (Å²) in [5.74, 6) is 0.316. The van der Waals surface area contributed by atoms with Crippen molar-refractivity contribution in [2.75, 3.05) is 44.0 Å². The number of urea groups is 2. The molecule has 0 aliphatic carbocycles. The number of rotatable bonds is 7. The van der Waals surface area contributed by atoms with Crippen molar-refractivity contribution in [2.45, 2.75) is 92.0 Å². The number of aryl methyl sites for hydroxylation is 2. The summed E-state index contributed by atoms with van der Waals surface area (Å²) in [6.07, 6.45) is 1.86. The zero-order valence-electron chi connectivity index (χ0n) is 27.8. The molecule has 0 radical (unpaired) electrons. The quantitative estimate of drug-likeness (QED) is 0.340. The molecule has 4 N–H and O–H groups in total. The number of hydrogen-bond acceptors (Lipinski definition) is 8. The summed E-state index contributed by atoms with van der Waals surface area (Å²) in [7, 11) is 1.73. The van der Waals surface area contributed by atoms with E-state index in [1.165, 1.54) is 0 Å². The van der Waals surface area contributed by atoms with Gasteiger partial charge in [-0.3, -0.25) is 4.79 Å². The van der Waals surface area contributed by atoms with Crippen LogP contribution >= 0.6 is 0 Å². The third-order valence-corrected chi connectivity index (χ3v) is 7.79. The van der Waals surface area contributed by atoms with Crippen molar-refractivity contribution in [3.05, 3.63) is 35.2 Å². The Balaban J connectivity index is 1.93. The molecule has 1 aromatic heterocycles. The van der Waals surface area contributed by atoms with Crippen LogP contribution in [0, 0.1) is 19.8 Å². The van der Waals surface area contributed by atoms with Crippen LogP contribution in [0.25, 0.3) is 0 Å². The van der Waals surface area contributed by atoms with Gasteiger partial charge in [-0.05, 0) is 79.0 Å². The van der Waals surface area contributed by atoms with Crippen molar-refractivity contribution in [3.8, 4) is 5.75 Å². The largest absolute Gasteiger partial charge is 0.490 e. The Morgan fingerprint density at radius 2 is 1.89 bits per heavy atom. The highest BCUT2D eigenvalue weighted by molar-refractivity contribution is 6.03. The fourth-order valence-electron chi connectivity index (χ4n) is 5.11. The van der Waals surface area contributed by atoms with Crippen molar-refractivity contribution in [1.82, 2.24) is 20.3 Å². The van der Waals surface area contributed by atoms with E-state index in [0.717, 1.165) is 19.3 Å². The standard InChI is InChI=1S/C32H50N6O7/c1-19(2)33-32(42)37(8)17-28-20(3)16-38(21(4)18-39)30(40)26-15-25(34-31(41)35-29-23(6)36-45-24(29)7)12-13-27(26)44-22(5)11-9-10-14-43-28/h12-13,15,19-22,28,39H,9-11,14,16-18H2,1-8H3,(H,33,42)(H2,34,35,41)/t20-,21-,22-,28-/m0/s1. The number of ether oxygens (including phenoxy) is 2. The highest BCUT2D eigenvalue weighted by Crippen LogP contribution is 2.29. The second-order valence-electron chi connectivity index (χ2n) is 12.3. The van der Waals surface area contributed by atoms with Gasteiger partial charge in [0.2, 0.25) is 0 Å². The SMILES string of the molecule is Cc1noc(C)c1NC(=O)Nc1ccc2c(c1)C(=O)N([C@@H](C)CO)C[C@H](C)[C@H](CN(C)C(=O)NC(C)C)OCCCC[C@H](C)O2. The second kappa shape index (κ2) is 16.5. The summed E-state index contributed by atoms with van der Waals surface area (Å²) in [5.41, 5.74) is 1.65. The average molecular weight is 631 g/mol. The number of likely N-dealkylation sites (N-methyl/N-ethyl adjacent to an activating group) is 1. The fraction of sp³-hybridized carbons (Fsp3) is 0.625. The molecule has 0 unspecified atom stereocenters. The third kappa shape index (κ3) is 10.1. The van der Waals surface area contributed by atoms with Crippen LogP contribution in [0.4, 0.5) is 21.0 Å². The molecular formula is C32H50N6O7. The minimum atomic E-state index is -0.528. The van der Waals surface area contributed by atoms with Gasteiger partial charge in [-0.1, -0.05) is 12.1 Å². The number of carbonyl (C=O) groups is 3. The average Bonchev–Trinajstić information content (AvgIpc) is 3.30. The van der Waals surface area contributed by atoms with Crippen molar-refractivity contribution in [3.63, 3.8) is 0 Å². The Morgan fingerprint density at radius 3 is 2.53 bits per heavy atom. The summed E-state index contributed by atoms with van der Waals surface area (Å²) in [4.78, 5) is 43.0. The fourth-order valence-corrected chi connectivity index (χ4v) is 5.11. The Morgan fingerprint density at radius 1 is 1.16 bits per heavy atom. The zero-order valence-corrected chi connectivity index (χ0v) is 27.8. The van der Waals surface area contributed by atoms with Crippen LogP contribution in [0.5, 0.6) is 5.75 Å². The van der Waals surface area contributed by atoms with E-state index in [4.69, 9.17) is 14.0 Å². The second-order valence-corrected chi connectivity index (χ2v) is 12.3. The highest BCUT2D eigenvalue weighted by Gasteiger charge is 2.31. The van der Waals surface area contributed by atoms with Crippen LogP contribution in [0.2, 0.25) is 0 Å². The van der Waals surface area contributed by atoms with Gasteiger partial charge in [0, 0.05) is 44.4 Å². The predicted octanol–water partition coefficient (Wildman–Crippen LogP) is 4.78. The van der Waals surface area contributed by atoms with Gasteiger partial charge < -0.3 is 44.9 Å². The lowest BCUT2D eigenvalue weighted by atomic mass is 10.0. The number of nitrogens with one attached hydrogen (secondary N) is 3. The van der Waals surface area contributed by atoms with E-state index in [1.807, 2.05) is 27.7 Å². The summed E-state index contributed by atoms with van der Waals surface area (Å²) in [6.45, 7) is 13.8. The van der Waals surface area contributed by atoms with E-state index in [-0.39, 0.29) is 54.8 Å². The molecule has 0 bridgehead atoms. The molecule has 4 atom stereocenters. The van der Waals surface area contributed by atoms with Gasteiger partial charge in [0.15, 0.2) is 5.76 Å². The van der Waals surface area contributed by atoms with E-state index >= 15 is 0 Å². The Bertz CT molecular complexity index is 1280. The molecule has 0 fully saturated rings. The third-order valence-electron chi connectivity index (χ3n) is 7.79. The van der Waals surface area contributed by atoms with E-state index < -0.39 is 12.1 Å². The molecule has 1 aliphatic rings. The Kier molecular flexibility index (Phi) is 13.0. The van der Waals surface area contributed by atoms with E-state index in [1.54, 1.807) is 55.8 Å². The van der Waals surface area contributed by atoms with Crippen LogP contribution in [0.1, 0.15) is 75.7 Å². The number of nitrogens with zero attached hydrogens (tertiary/aromatic N) is 3. The van der Waals surface area contributed by atoms with Gasteiger partial charge in [-0.25, -0.2) is 9.59 Å². The van der Waals surface area contributed by atoms with Gasteiger partial charge in [-0.15, -0.1) is 0 Å². The molecule has 2 aromatic rings. The number of carbonyl (C=O) groups excluding carboxylic acids is 3. The van der Waals surface area contributed by atoms with Gasteiger partial charge in [0.05, 0.1) is 30.4 Å². The molecule has 5 amide bonds. The minimum Gasteiger partial charge on any atom is -0.490 e. The summed E-state index contributed by atoms with van der Waals surface area (Å²) >= 11 is 0. The lowest BCUT2D eigenvalue weighted by Crippen LogP contribution is -2.49. The normalized spacial score (nSPS) is 20.4. The highest BCUT2D eigenvalue weighted by atomic mass is 16.5. The van der Waals surface area contributed by atoms with Gasteiger partial charge >= 0.3 is 12.1 Å². The number of aromatic nitrogens is 1. The van der Waals surface area contributed by atoms with E-state index in [0.29, 0.717) is 41.7 Å². The number of anilines is 2. The number of amides is 5. The number of hydrogen-bond donors (Lipinski definition) is 4. The van der Waals surface area contributed by atoms with E-state index in [2.05, 4.69) is 21.1 Å². The molecule has 0 saturated heterocycles. The van der Waals surface area contributed by atoms with Crippen molar-refractivity contribution >= 4 is 29.3 Å². The van der Waals surface area contributed by atoms with Gasteiger partial charge in [0.25, 0.3) is 5.91 Å². The maximum Gasteiger partial charge on any atom is 0.323 e. The van der Waals surface area contributed by atoms with Crippen molar-refractivity contribution < 1.29 is 33.5 Å². The lowest BCUT2D eigenvalue weighted by Gasteiger charge is -2.36. The number of fused-ring (bicyclic) bond motifs is 1. The maximum atomic E-state index is 14.3. The van der Waals surface area contributed by atoms with Crippen LogP contribution in [-0.2, 0) is 4.74 Å². The van der Waals surface area contributed by atoms with Crippen LogP contribution in [0.15, 0.2) is 22.7 Å². The smallest absolute Gasteiger partial charge is 0.323 e. The first-order chi connectivity index (χ1) is 21.3. The summed E-state index contributed by atoms with van der Waals surface area (Å²) in [6, 6.07) is 3.69. The van der Waals surface area contributed by atoms with Crippen LogP contribution in [0.3, 0.4) is 0 Å². The molecule has 3 rings (SSSR count). The van der Waals surface area contributed by atoms with Gasteiger partial charge in [0.1, 0.15) is 17.1 Å². The van der Waals surface area contributed by atoms with Crippen molar-refractivity contribution in [1.29, 1.82) is 0 Å². The topological polar surface area (TPSA) is 158 Å². The Hall–Kier alpha value is -3.84. The first-order valence-corrected chi connectivity index (χ1v) is 15.7. The molecule has 13 nitrogen and oxygen atoms in total. The molecule has 45 heavy (non-hydrogen) atoms. The molecule has 1 aromatic carbocycles. The molecule has 0 spiro atoms. The maximum absolute atomic E-state index is 14.3. The molecule has 0 saturated carbocycles. The Labute approximate surface area is 266 Å². The molecule has 13 heteroatoms. The zero-order chi connectivity index (χ0) is 33.3. The first kappa shape index (κ1) is 35.6. The van der Waals surface area contributed by atoms with Gasteiger partial charge in [-0.2, -0.15) is 0 Å². The van der Waals surface area contributed by atoms with E-state index in [9.17, 15) is 19.5 Å². The summed E-state index contributed by atoms with van der Waals surface area (Å²) < 4.78 is 17.7. The number of aliphatic hydroxyl groups excluding tert-OH is 1.